The van der Waals surface area contributed by atoms with E-state index in [0.717, 1.165) is 6.61 Å². The van der Waals surface area contributed by atoms with E-state index in [0.29, 0.717) is 12.5 Å². The summed E-state index contributed by atoms with van der Waals surface area (Å²) in [6, 6.07) is 0. The molecule has 0 atom stereocenters. The SMILES string of the molecule is O=C(O)C(=O)NCCOCC1CC1. The predicted octanol–water partition coefficient (Wildman–Crippen LogP) is -0.386. The minimum atomic E-state index is -1.46. The van der Waals surface area contributed by atoms with Crippen LogP contribution in [0.4, 0.5) is 0 Å². The maximum absolute atomic E-state index is 10.5. The Kier molecular flexibility index (Phi) is 3.70. The molecule has 1 saturated carbocycles. The van der Waals surface area contributed by atoms with Gasteiger partial charge >= 0.3 is 11.9 Å². The molecule has 5 nitrogen and oxygen atoms in total. The molecule has 2 N–H and O–H groups in total. The molecule has 0 aromatic carbocycles. The van der Waals surface area contributed by atoms with Crippen LogP contribution >= 0.6 is 0 Å². The molecule has 0 aromatic rings. The molecule has 0 unspecified atom stereocenters. The van der Waals surface area contributed by atoms with Crippen LogP contribution < -0.4 is 5.32 Å². The van der Waals surface area contributed by atoms with Crippen LogP contribution in [-0.2, 0) is 14.3 Å². The zero-order chi connectivity index (χ0) is 9.68. The molecule has 74 valence electrons. The molecular formula is C8H13NO4. The summed E-state index contributed by atoms with van der Waals surface area (Å²) in [4.78, 5) is 20.5. The van der Waals surface area contributed by atoms with Crippen LogP contribution in [0.3, 0.4) is 0 Å². The van der Waals surface area contributed by atoms with Crippen molar-refractivity contribution in [3.05, 3.63) is 0 Å². The third-order valence-corrected chi connectivity index (χ3v) is 1.78. The standard InChI is InChI=1S/C8H13NO4/c10-7(8(11)12)9-3-4-13-5-6-1-2-6/h6H,1-5H2,(H,9,10)(H,11,12). The average molecular weight is 187 g/mol. The molecule has 0 saturated heterocycles. The molecule has 1 amide bonds. The van der Waals surface area contributed by atoms with E-state index in [2.05, 4.69) is 5.32 Å². The molecule has 1 rings (SSSR count). The van der Waals surface area contributed by atoms with E-state index in [1.807, 2.05) is 0 Å². The van der Waals surface area contributed by atoms with Gasteiger partial charge < -0.3 is 15.2 Å². The van der Waals surface area contributed by atoms with E-state index < -0.39 is 11.9 Å². The Balaban J connectivity index is 1.87. The zero-order valence-corrected chi connectivity index (χ0v) is 7.28. The van der Waals surface area contributed by atoms with E-state index in [9.17, 15) is 9.59 Å². The molecule has 0 radical (unpaired) electrons. The van der Waals surface area contributed by atoms with Gasteiger partial charge in [-0.15, -0.1) is 0 Å². The number of carbonyl (C=O) groups is 2. The van der Waals surface area contributed by atoms with Crippen molar-refractivity contribution in [1.29, 1.82) is 0 Å². The number of ether oxygens (including phenoxy) is 1. The van der Waals surface area contributed by atoms with Gasteiger partial charge in [0.2, 0.25) is 0 Å². The van der Waals surface area contributed by atoms with Crippen molar-refractivity contribution in [2.75, 3.05) is 19.8 Å². The molecule has 0 bridgehead atoms. The second-order valence-electron chi connectivity index (χ2n) is 3.08. The zero-order valence-electron chi connectivity index (χ0n) is 7.28. The summed E-state index contributed by atoms with van der Waals surface area (Å²) in [5.41, 5.74) is 0. The van der Waals surface area contributed by atoms with Gasteiger partial charge in [0.15, 0.2) is 0 Å². The highest BCUT2D eigenvalue weighted by Gasteiger charge is 2.20. The van der Waals surface area contributed by atoms with Gasteiger partial charge in [0.05, 0.1) is 6.61 Å². The Morgan fingerprint density at radius 3 is 2.69 bits per heavy atom. The summed E-state index contributed by atoms with van der Waals surface area (Å²) in [7, 11) is 0. The first-order valence-electron chi connectivity index (χ1n) is 4.29. The number of carboxylic acid groups (broad SMARTS) is 1. The van der Waals surface area contributed by atoms with Crippen molar-refractivity contribution in [3.8, 4) is 0 Å². The maximum atomic E-state index is 10.5. The summed E-state index contributed by atoms with van der Waals surface area (Å²) in [6.45, 7) is 1.37. The van der Waals surface area contributed by atoms with Crippen molar-refractivity contribution in [2.24, 2.45) is 5.92 Å². The molecule has 13 heavy (non-hydrogen) atoms. The lowest BCUT2D eigenvalue weighted by Crippen LogP contribution is -2.33. The van der Waals surface area contributed by atoms with E-state index in [1.54, 1.807) is 0 Å². The van der Waals surface area contributed by atoms with Crippen LogP contribution in [-0.4, -0.2) is 36.7 Å². The van der Waals surface area contributed by atoms with E-state index in [1.165, 1.54) is 12.8 Å². The summed E-state index contributed by atoms with van der Waals surface area (Å²) < 4.78 is 5.18. The smallest absolute Gasteiger partial charge is 0.394 e. The van der Waals surface area contributed by atoms with Gasteiger partial charge in [-0.25, -0.2) is 4.79 Å². The number of amides is 1. The van der Waals surface area contributed by atoms with E-state index >= 15 is 0 Å². The number of carboxylic acids is 1. The fourth-order valence-electron chi connectivity index (χ4n) is 0.847. The average Bonchev–Trinajstić information content (AvgIpc) is 2.87. The molecule has 0 spiro atoms. The molecule has 0 aromatic heterocycles. The lowest BCUT2D eigenvalue weighted by Gasteiger charge is -2.02. The third-order valence-electron chi connectivity index (χ3n) is 1.78. The number of rotatable bonds is 5. The molecular weight excluding hydrogens is 174 g/mol. The number of aliphatic carboxylic acids is 1. The van der Waals surface area contributed by atoms with Gasteiger partial charge in [0, 0.05) is 13.2 Å². The highest BCUT2D eigenvalue weighted by molar-refractivity contribution is 6.31. The minimum absolute atomic E-state index is 0.262. The van der Waals surface area contributed by atoms with Gasteiger partial charge in [0.1, 0.15) is 0 Å². The Morgan fingerprint density at radius 2 is 2.15 bits per heavy atom. The Bertz CT molecular complexity index is 200. The summed E-state index contributed by atoms with van der Waals surface area (Å²) in [5.74, 6) is -1.74. The van der Waals surface area contributed by atoms with Crippen molar-refractivity contribution >= 4 is 11.9 Å². The van der Waals surface area contributed by atoms with Crippen LogP contribution in [0.15, 0.2) is 0 Å². The molecule has 0 heterocycles. The van der Waals surface area contributed by atoms with Crippen LogP contribution in [0.5, 0.6) is 0 Å². The van der Waals surface area contributed by atoms with E-state index in [-0.39, 0.29) is 6.54 Å². The van der Waals surface area contributed by atoms with Crippen LogP contribution in [0.1, 0.15) is 12.8 Å². The van der Waals surface area contributed by atoms with Gasteiger partial charge in [-0.05, 0) is 18.8 Å². The van der Waals surface area contributed by atoms with Gasteiger partial charge in [-0.1, -0.05) is 0 Å². The van der Waals surface area contributed by atoms with Crippen molar-refractivity contribution in [2.45, 2.75) is 12.8 Å². The Hall–Kier alpha value is -1.10. The van der Waals surface area contributed by atoms with Crippen LogP contribution in [0.2, 0.25) is 0 Å². The second-order valence-corrected chi connectivity index (χ2v) is 3.08. The monoisotopic (exact) mass is 187 g/mol. The first kappa shape index (κ1) is 9.98. The highest BCUT2D eigenvalue weighted by atomic mass is 16.5. The fraction of sp³-hybridized carbons (Fsp3) is 0.750. The molecule has 5 heteroatoms. The highest BCUT2D eigenvalue weighted by Crippen LogP contribution is 2.28. The first-order valence-corrected chi connectivity index (χ1v) is 4.29. The van der Waals surface area contributed by atoms with Gasteiger partial charge in [-0.2, -0.15) is 0 Å². The minimum Gasteiger partial charge on any atom is -0.474 e. The largest absolute Gasteiger partial charge is 0.474 e. The molecule has 1 aliphatic rings. The normalized spacial score (nSPS) is 15.4. The second kappa shape index (κ2) is 4.81. The topological polar surface area (TPSA) is 75.6 Å². The maximum Gasteiger partial charge on any atom is 0.394 e. The van der Waals surface area contributed by atoms with Crippen LogP contribution in [0, 0.1) is 5.92 Å². The third kappa shape index (κ3) is 4.47. The van der Waals surface area contributed by atoms with Gasteiger partial charge in [-0.3, -0.25) is 4.79 Å². The summed E-state index contributed by atoms with van der Waals surface area (Å²) >= 11 is 0. The Labute approximate surface area is 76.1 Å². The Morgan fingerprint density at radius 1 is 1.46 bits per heavy atom. The number of hydrogen-bond donors (Lipinski definition) is 2. The van der Waals surface area contributed by atoms with E-state index in [4.69, 9.17) is 9.84 Å². The molecule has 1 fully saturated rings. The summed E-state index contributed by atoms with van der Waals surface area (Å²) in [5, 5.41) is 10.4. The lowest BCUT2D eigenvalue weighted by molar-refractivity contribution is -0.150. The number of hydrogen-bond acceptors (Lipinski definition) is 3. The van der Waals surface area contributed by atoms with Gasteiger partial charge in [0.25, 0.3) is 0 Å². The van der Waals surface area contributed by atoms with Crippen molar-refractivity contribution in [3.63, 3.8) is 0 Å². The van der Waals surface area contributed by atoms with Crippen molar-refractivity contribution in [1.82, 2.24) is 5.32 Å². The molecule has 0 aliphatic heterocycles. The van der Waals surface area contributed by atoms with Crippen molar-refractivity contribution < 1.29 is 19.4 Å². The first-order chi connectivity index (χ1) is 6.20. The van der Waals surface area contributed by atoms with Crippen LogP contribution in [0.25, 0.3) is 0 Å². The fourth-order valence-corrected chi connectivity index (χ4v) is 0.847. The predicted molar refractivity (Wildman–Crippen MR) is 44.2 cm³/mol. The summed E-state index contributed by atoms with van der Waals surface area (Å²) in [6.07, 6.45) is 2.45. The molecule has 1 aliphatic carbocycles. The number of nitrogens with one attached hydrogen (secondary N) is 1. The quantitative estimate of drug-likeness (QED) is 0.454. The lowest BCUT2D eigenvalue weighted by atomic mass is 10.5. The number of carbonyl (C=O) groups excluding carboxylic acids is 1.